The lowest BCUT2D eigenvalue weighted by molar-refractivity contribution is -0.205. The summed E-state index contributed by atoms with van der Waals surface area (Å²) in [7, 11) is 0. The molecule has 2 N–H and O–H groups in total. The maximum atomic E-state index is 13.8. The molecule has 0 radical (unpaired) electrons. The van der Waals surface area contributed by atoms with E-state index in [2.05, 4.69) is 4.72 Å². The van der Waals surface area contributed by atoms with Crippen molar-refractivity contribution in [3.63, 3.8) is 0 Å². The standard InChI is InChI=1S/C37H41NO9S2/c1-37(2,3)49(43)38-28-22-14-13-21-27(23-39)48-36-32(46-35(42)26-19-11-6-12-20-26)31(45-34(41)25-17-9-5-10-18-25)30(29(28)47-36)44-33(40)24-15-7-4-8-16-24/h4-20,27-32,36,38-39H,21-23H2,1-3H3/t27?,28-,29-,30+,31+,32-,36-,49?/m1/s1. The summed E-state index contributed by atoms with van der Waals surface area (Å²) in [5, 5.41) is 9.93. The largest absolute Gasteiger partial charge is 0.598 e. The molecule has 260 valence electrons. The third kappa shape index (κ3) is 9.53. The maximum absolute atomic E-state index is 13.8. The number of nitrogens with one attached hydrogen (secondary N) is 1. The van der Waals surface area contributed by atoms with Gasteiger partial charge in [0.25, 0.3) is 0 Å². The van der Waals surface area contributed by atoms with Gasteiger partial charge in [0.1, 0.15) is 16.3 Å². The van der Waals surface area contributed by atoms with Crippen LogP contribution in [0.5, 0.6) is 0 Å². The van der Waals surface area contributed by atoms with Gasteiger partial charge in [-0.05, 0) is 70.0 Å². The lowest BCUT2D eigenvalue weighted by atomic mass is 9.92. The number of aliphatic hydroxyl groups excluding tert-OH is 1. The topological polar surface area (TPSA) is 143 Å². The van der Waals surface area contributed by atoms with Crippen LogP contribution in [0.15, 0.2) is 103 Å². The number of carbonyl (C=O) groups is 3. The molecule has 2 unspecified atom stereocenters. The highest BCUT2D eigenvalue weighted by atomic mass is 32.2. The number of hydrogen-bond acceptors (Lipinski definition) is 11. The highest BCUT2D eigenvalue weighted by Crippen LogP contribution is 2.40. The fourth-order valence-electron chi connectivity index (χ4n) is 5.38. The van der Waals surface area contributed by atoms with Gasteiger partial charge in [0, 0.05) is 16.6 Å². The van der Waals surface area contributed by atoms with Crippen LogP contribution in [0.25, 0.3) is 0 Å². The summed E-state index contributed by atoms with van der Waals surface area (Å²) >= 11 is -0.356. The van der Waals surface area contributed by atoms with Gasteiger partial charge >= 0.3 is 17.9 Å². The van der Waals surface area contributed by atoms with Crippen LogP contribution < -0.4 is 4.72 Å². The second-order valence-corrected chi connectivity index (χ2v) is 16.1. The molecule has 0 aromatic heterocycles. The Hall–Kier alpha value is -3.65. The van der Waals surface area contributed by atoms with E-state index >= 15 is 0 Å². The van der Waals surface area contributed by atoms with Crippen molar-refractivity contribution in [1.29, 1.82) is 0 Å². The first-order valence-corrected chi connectivity index (χ1v) is 18.2. The van der Waals surface area contributed by atoms with Crippen LogP contribution in [-0.4, -0.2) is 80.1 Å². The summed E-state index contributed by atoms with van der Waals surface area (Å²) in [4.78, 5) is 41.1. The number of benzene rings is 3. The molecule has 1 fully saturated rings. The molecule has 5 rings (SSSR count). The minimum Gasteiger partial charge on any atom is -0.598 e. The van der Waals surface area contributed by atoms with Crippen molar-refractivity contribution in [2.45, 2.75) is 79.5 Å². The van der Waals surface area contributed by atoms with Crippen molar-refractivity contribution >= 4 is 41.0 Å². The summed E-state index contributed by atoms with van der Waals surface area (Å²) in [6.45, 7) is 5.27. The summed E-state index contributed by atoms with van der Waals surface area (Å²) in [6.07, 6.45) is -0.462. The molecule has 2 aliphatic heterocycles. The summed E-state index contributed by atoms with van der Waals surface area (Å²) in [6, 6.07) is 24.3. The number of hydrogen-bond donors (Lipinski definition) is 2. The van der Waals surface area contributed by atoms with Crippen molar-refractivity contribution in [2.24, 2.45) is 0 Å². The highest BCUT2D eigenvalue weighted by Gasteiger charge is 2.56. The van der Waals surface area contributed by atoms with Crippen LogP contribution in [0, 0.1) is 0 Å². The molecule has 0 amide bonds. The zero-order valence-electron chi connectivity index (χ0n) is 27.5. The number of thioether (sulfide) groups is 1. The van der Waals surface area contributed by atoms with Crippen LogP contribution in [0.1, 0.15) is 64.7 Å². The van der Waals surface area contributed by atoms with E-state index in [-0.39, 0.29) is 28.5 Å². The van der Waals surface area contributed by atoms with E-state index in [0.29, 0.717) is 12.8 Å². The van der Waals surface area contributed by atoms with Crippen molar-refractivity contribution in [1.82, 2.24) is 4.72 Å². The molecule has 0 spiro atoms. The predicted octanol–water partition coefficient (Wildman–Crippen LogP) is 5.25. The summed E-state index contributed by atoms with van der Waals surface area (Å²) < 4.78 is 41.3. The summed E-state index contributed by atoms with van der Waals surface area (Å²) in [5.74, 6) is -2.15. The molecular weight excluding hydrogens is 667 g/mol. The zero-order chi connectivity index (χ0) is 35.0. The van der Waals surface area contributed by atoms with E-state index in [9.17, 15) is 24.0 Å². The number of aliphatic hydroxyl groups is 1. The first kappa shape index (κ1) is 36.6. The molecule has 10 nitrogen and oxygen atoms in total. The first-order valence-electron chi connectivity index (χ1n) is 16.1. The third-order valence-electron chi connectivity index (χ3n) is 7.99. The molecule has 2 aliphatic rings. The molecular formula is C37H41NO9S2. The van der Waals surface area contributed by atoms with Crippen LogP contribution in [0.3, 0.4) is 0 Å². The normalized spacial score (nSPS) is 26.2. The molecule has 0 saturated carbocycles. The van der Waals surface area contributed by atoms with Gasteiger partial charge in [-0.25, -0.2) is 14.4 Å². The molecule has 8 atom stereocenters. The average molecular weight is 708 g/mol. The molecule has 49 heavy (non-hydrogen) atoms. The van der Waals surface area contributed by atoms with Gasteiger partial charge in [0.15, 0.2) is 18.3 Å². The first-order chi connectivity index (χ1) is 23.5. The summed E-state index contributed by atoms with van der Waals surface area (Å²) in [5.41, 5.74) is -0.263. The quantitative estimate of drug-likeness (QED) is 0.130. The van der Waals surface area contributed by atoms with Gasteiger partial charge in [0.2, 0.25) is 0 Å². The van der Waals surface area contributed by atoms with Gasteiger partial charge in [-0.2, -0.15) is 0 Å². The molecule has 2 bridgehead atoms. The fraction of sp³-hybridized carbons (Fsp3) is 0.378. The van der Waals surface area contributed by atoms with E-state index in [0.717, 1.165) is 0 Å². The Bertz CT molecular complexity index is 1570. The fourth-order valence-corrected chi connectivity index (χ4v) is 7.48. The number of fused-ring (bicyclic) bond motifs is 2. The van der Waals surface area contributed by atoms with Gasteiger partial charge in [-0.3, -0.25) is 0 Å². The van der Waals surface area contributed by atoms with E-state index in [1.54, 1.807) is 91.0 Å². The van der Waals surface area contributed by atoms with Crippen LogP contribution in [0.4, 0.5) is 0 Å². The van der Waals surface area contributed by atoms with E-state index in [1.807, 2.05) is 32.9 Å². The van der Waals surface area contributed by atoms with Gasteiger partial charge < -0.3 is 28.6 Å². The number of ether oxygens (including phenoxy) is 4. The van der Waals surface area contributed by atoms with Gasteiger partial charge in [-0.15, -0.1) is 16.5 Å². The Balaban J connectivity index is 1.63. The molecule has 3 aromatic carbocycles. The SMILES string of the molecule is CC(C)(C)[S+]([O-])N[C@@H]1CC=CCC(CO)S[C@H]2O[C@H]1[C@H](OC(=O)c1ccccc1)[C@H](OC(=O)c1ccccc1)[C@H]2OC(=O)c1ccccc1. The van der Waals surface area contributed by atoms with E-state index in [4.69, 9.17) is 18.9 Å². The zero-order valence-corrected chi connectivity index (χ0v) is 29.1. The van der Waals surface area contributed by atoms with Crippen LogP contribution in [0.2, 0.25) is 0 Å². The van der Waals surface area contributed by atoms with E-state index in [1.165, 1.54) is 11.8 Å². The monoisotopic (exact) mass is 707 g/mol. The Kier molecular flexibility index (Phi) is 12.6. The van der Waals surface area contributed by atoms with Crippen molar-refractivity contribution in [3.05, 3.63) is 120 Å². The molecule has 12 heteroatoms. The second-order valence-electron chi connectivity index (χ2n) is 12.7. The Labute approximate surface area is 293 Å². The Morgan fingerprint density at radius 2 is 1.22 bits per heavy atom. The maximum Gasteiger partial charge on any atom is 0.338 e. The van der Waals surface area contributed by atoms with Gasteiger partial charge in [-0.1, -0.05) is 66.7 Å². The number of esters is 3. The molecule has 1 saturated heterocycles. The molecule has 2 heterocycles. The lowest BCUT2D eigenvalue weighted by Gasteiger charge is -2.47. The number of rotatable bonds is 9. The van der Waals surface area contributed by atoms with Gasteiger partial charge in [0.05, 0.1) is 29.3 Å². The lowest BCUT2D eigenvalue weighted by Crippen LogP contribution is -2.66. The van der Waals surface area contributed by atoms with Crippen molar-refractivity contribution < 1.29 is 43.0 Å². The molecule has 3 aromatic rings. The Morgan fingerprint density at radius 1 is 0.776 bits per heavy atom. The number of allylic oxidation sites excluding steroid dienone is 1. The number of carbonyl (C=O) groups excluding carboxylic acids is 3. The van der Waals surface area contributed by atoms with Crippen molar-refractivity contribution in [2.75, 3.05) is 6.61 Å². The minimum absolute atomic E-state index is 0.213. The van der Waals surface area contributed by atoms with Crippen LogP contribution >= 0.6 is 11.8 Å². The Morgan fingerprint density at radius 3 is 1.69 bits per heavy atom. The smallest absolute Gasteiger partial charge is 0.338 e. The average Bonchev–Trinajstić information content (AvgIpc) is 3.11. The highest BCUT2D eigenvalue weighted by molar-refractivity contribution is 8.00. The van der Waals surface area contributed by atoms with Crippen molar-refractivity contribution in [3.8, 4) is 0 Å². The minimum atomic E-state index is -1.58. The predicted molar refractivity (Wildman–Crippen MR) is 187 cm³/mol. The third-order valence-corrected chi connectivity index (χ3v) is 11.0. The van der Waals surface area contributed by atoms with E-state index < -0.39 is 69.9 Å². The second kappa shape index (κ2) is 16.8. The van der Waals surface area contributed by atoms with Crippen LogP contribution in [-0.2, 0) is 30.3 Å². The molecule has 0 aliphatic carbocycles.